The first-order valence-corrected chi connectivity index (χ1v) is 12.2. The smallest absolute Gasteiger partial charge is 0.335 e. The Balaban J connectivity index is 2.49. The molecule has 170 valence electrons. The summed E-state index contributed by atoms with van der Waals surface area (Å²) in [6, 6.07) is 11.4. The number of rotatable bonds is 14. The fraction of sp³-hybridized carbons (Fsp3) is 0.435. The van der Waals surface area contributed by atoms with Crippen molar-refractivity contribution in [1.82, 2.24) is 4.72 Å². The Bertz CT molecular complexity index is 946. The fourth-order valence-electron chi connectivity index (χ4n) is 3.03. The normalized spacial score (nSPS) is 11.3. The maximum Gasteiger partial charge on any atom is 0.335 e. The van der Waals surface area contributed by atoms with Crippen molar-refractivity contribution in [3.63, 3.8) is 0 Å². The molecule has 0 spiro atoms. The quantitative estimate of drug-likeness (QED) is 0.341. The van der Waals surface area contributed by atoms with Crippen LogP contribution in [-0.2, 0) is 10.0 Å². The molecule has 0 saturated carbocycles. The van der Waals surface area contributed by atoms with Crippen LogP contribution in [-0.4, -0.2) is 32.6 Å². The van der Waals surface area contributed by atoms with Crippen molar-refractivity contribution >= 4 is 21.7 Å². The summed E-state index contributed by atoms with van der Waals surface area (Å²) in [5.41, 5.74) is 0.223. The van der Waals surface area contributed by atoms with Gasteiger partial charge in [0, 0.05) is 13.1 Å². The van der Waals surface area contributed by atoms with E-state index in [0.29, 0.717) is 24.4 Å². The number of carboxylic acid groups (broad SMARTS) is 1. The molecule has 2 rings (SSSR count). The molecule has 0 aromatic heterocycles. The zero-order valence-corrected chi connectivity index (χ0v) is 19.0. The molecule has 0 radical (unpaired) electrons. The number of anilines is 1. The molecular weight excluding hydrogens is 416 g/mol. The number of hydrogen-bond donors (Lipinski definition) is 3. The van der Waals surface area contributed by atoms with Crippen LogP contribution in [0.1, 0.15) is 62.7 Å². The summed E-state index contributed by atoms with van der Waals surface area (Å²) < 4.78 is 34.7. The third kappa shape index (κ3) is 7.56. The Morgan fingerprint density at radius 1 is 0.968 bits per heavy atom. The van der Waals surface area contributed by atoms with Gasteiger partial charge in [0.2, 0.25) is 10.0 Å². The molecule has 0 aliphatic rings. The molecule has 0 atom stereocenters. The van der Waals surface area contributed by atoms with Gasteiger partial charge in [0.25, 0.3) is 0 Å². The monoisotopic (exact) mass is 448 g/mol. The van der Waals surface area contributed by atoms with Crippen molar-refractivity contribution in [2.75, 3.05) is 18.4 Å². The molecule has 0 aliphatic heterocycles. The average molecular weight is 449 g/mol. The third-order valence-corrected chi connectivity index (χ3v) is 6.19. The molecule has 7 nitrogen and oxygen atoms in total. The Kier molecular flexibility index (Phi) is 9.81. The number of carboxylic acids is 1. The lowest BCUT2D eigenvalue weighted by atomic mass is 10.1. The summed E-state index contributed by atoms with van der Waals surface area (Å²) in [6.45, 7) is 4.97. The summed E-state index contributed by atoms with van der Waals surface area (Å²) in [6.07, 6.45) is 5.47. The van der Waals surface area contributed by atoms with Gasteiger partial charge in [0.1, 0.15) is 10.6 Å². The van der Waals surface area contributed by atoms with Gasteiger partial charge in [-0.2, -0.15) is 0 Å². The lowest BCUT2D eigenvalue weighted by Crippen LogP contribution is -2.26. The Morgan fingerprint density at radius 3 is 2.23 bits per heavy atom. The van der Waals surface area contributed by atoms with E-state index in [-0.39, 0.29) is 22.8 Å². The first kappa shape index (κ1) is 24.7. The van der Waals surface area contributed by atoms with Gasteiger partial charge < -0.3 is 15.2 Å². The zero-order chi connectivity index (χ0) is 22.7. The minimum atomic E-state index is -3.98. The molecular formula is C23H32N2O5S. The van der Waals surface area contributed by atoms with Crippen LogP contribution in [0.25, 0.3) is 0 Å². The van der Waals surface area contributed by atoms with Gasteiger partial charge in [-0.15, -0.1) is 0 Å². The molecule has 0 fully saturated rings. The summed E-state index contributed by atoms with van der Waals surface area (Å²) >= 11 is 0. The van der Waals surface area contributed by atoms with Crippen molar-refractivity contribution in [1.29, 1.82) is 0 Å². The molecule has 2 aromatic rings. The second-order valence-corrected chi connectivity index (χ2v) is 9.05. The lowest BCUT2D eigenvalue weighted by Gasteiger charge is -2.18. The number of carbonyl (C=O) groups is 1. The average Bonchev–Trinajstić information content (AvgIpc) is 2.75. The van der Waals surface area contributed by atoms with Crippen molar-refractivity contribution in [3.05, 3.63) is 48.0 Å². The maximum absolute atomic E-state index is 13.1. The van der Waals surface area contributed by atoms with Crippen LogP contribution in [0.3, 0.4) is 0 Å². The van der Waals surface area contributed by atoms with E-state index in [1.54, 1.807) is 24.3 Å². The summed E-state index contributed by atoms with van der Waals surface area (Å²) in [5.74, 6) is -0.648. The van der Waals surface area contributed by atoms with Crippen molar-refractivity contribution in [2.24, 2.45) is 0 Å². The molecule has 0 unspecified atom stereocenters. The first-order chi connectivity index (χ1) is 14.9. The summed E-state index contributed by atoms with van der Waals surface area (Å²) in [4.78, 5) is 11.5. The van der Waals surface area contributed by atoms with Gasteiger partial charge in [-0.05, 0) is 37.1 Å². The Labute approximate surface area is 184 Å². The molecule has 0 bridgehead atoms. The minimum Gasteiger partial charge on any atom is -0.478 e. The number of unbranched alkanes of at least 4 members (excludes halogenated alkanes) is 4. The zero-order valence-electron chi connectivity index (χ0n) is 18.2. The number of aromatic carboxylic acids is 1. The highest BCUT2D eigenvalue weighted by Crippen LogP contribution is 2.37. The predicted molar refractivity (Wildman–Crippen MR) is 123 cm³/mol. The Morgan fingerprint density at radius 2 is 1.61 bits per heavy atom. The second-order valence-electron chi connectivity index (χ2n) is 7.31. The number of nitrogens with one attached hydrogen (secondary N) is 2. The SMILES string of the molecule is CCCCCNc1cc(C(=O)O)cc(S(=O)(=O)NCCCCC)c1Oc1ccccc1. The third-order valence-electron chi connectivity index (χ3n) is 4.72. The second kappa shape index (κ2) is 12.3. The molecule has 0 aliphatic carbocycles. The molecule has 0 heterocycles. The topological polar surface area (TPSA) is 105 Å². The van der Waals surface area contributed by atoms with E-state index in [9.17, 15) is 18.3 Å². The number of benzene rings is 2. The van der Waals surface area contributed by atoms with Crippen LogP contribution in [0.5, 0.6) is 11.5 Å². The number of hydrogen-bond acceptors (Lipinski definition) is 5. The summed E-state index contributed by atoms with van der Waals surface area (Å²) in [5, 5.41) is 12.7. The van der Waals surface area contributed by atoms with Gasteiger partial charge in [-0.3, -0.25) is 0 Å². The van der Waals surface area contributed by atoms with E-state index in [0.717, 1.165) is 38.2 Å². The largest absolute Gasteiger partial charge is 0.478 e. The number of sulfonamides is 1. The molecule has 31 heavy (non-hydrogen) atoms. The lowest BCUT2D eigenvalue weighted by molar-refractivity contribution is 0.0696. The molecule has 0 amide bonds. The minimum absolute atomic E-state index is 0.0932. The van der Waals surface area contributed by atoms with E-state index in [1.165, 1.54) is 6.07 Å². The van der Waals surface area contributed by atoms with Gasteiger partial charge in [-0.25, -0.2) is 17.9 Å². The van der Waals surface area contributed by atoms with Gasteiger partial charge >= 0.3 is 5.97 Å². The highest BCUT2D eigenvalue weighted by atomic mass is 32.2. The standard InChI is InChI=1S/C23H32N2O5S/c1-3-5-10-14-24-20-16-18(23(26)27)17-21(31(28,29)25-15-11-6-4-2)22(20)30-19-12-8-7-9-13-19/h7-9,12-13,16-17,24-25H,3-6,10-11,14-15H2,1-2H3,(H,26,27). The van der Waals surface area contributed by atoms with Crippen LogP contribution in [0, 0.1) is 0 Å². The number of ether oxygens (including phenoxy) is 1. The molecule has 2 aromatic carbocycles. The van der Waals surface area contributed by atoms with Crippen LogP contribution < -0.4 is 14.8 Å². The number of para-hydroxylation sites is 1. The summed E-state index contributed by atoms with van der Waals surface area (Å²) in [7, 11) is -3.98. The Hall–Kier alpha value is -2.58. The maximum atomic E-state index is 13.1. The van der Waals surface area contributed by atoms with Crippen molar-refractivity contribution in [2.45, 2.75) is 57.3 Å². The van der Waals surface area contributed by atoms with E-state index < -0.39 is 16.0 Å². The van der Waals surface area contributed by atoms with Crippen LogP contribution in [0.15, 0.2) is 47.4 Å². The predicted octanol–water partition coefficient (Wildman–Crippen LogP) is 5.25. The van der Waals surface area contributed by atoms with E-state index in [2.05, 4.69) is 17.0 Å². The van der Waals surface area contributed by atoms with Crippen molar-refractivity contribution in [3.8, 4) is 11.5 Å². The van der Waals surface area contributed by atoms with E-state index in [4.69, 9.17) is 4.74 Å². The van der Waals surface area contributed by atoms with E-state index in [1.807, 2.05) is 13.0 Å². The van der Waals surface area contributed by atoms with Gasteiger partial charge in [0.15, 0.2) is 5.75 Å². The fourth-order valence-corrected chi connectivity index (χ4v) is 4.27. The van der Waals surface area contributed by atoms with Crippen molar-refractivity contribution < 1.29 is 23.1 Å². The van der Waals surface area contributed by atoms with Crippen LogP contribution in [0.4, 0.5) is 5.69 Å². The van der Waals surface area contributed by atoms with Crippen LogP contribution >= 0.6 is 0 Å². The molecule has 3 N–H and O–H groups in total. The van der Waals surface area contributed by atoms with Crippen LogP contribution in [0.2, 0.25) is 0 Å². The van der Waals surface area contributed by atoms with Gasteiger partial charge in [0.05, 0.1) is 11.3 Å². The molecule has 0 saturated heterocycles. The van der Waals surface area contributed by atoms with E-state index >= 15 is 0 Å². The van der Waals surface area contributed by atoms with Gasteiger partial charge in [-0.1, -0.05) is 57.7 Å². The first-order valence-electron chi connectivity index (χ1n) is 10.8. The highest BCUT2D eigenvalue weighted by Gasteiger charge is 2.25. The highest BCUT2D eigenvalue weighted by molar-refractivity contribution is 7.89. The molecule has 8 heteroatoms.